The Morgan fingerprint density at radius 2 is 2.12 bits per heavy atom. The maximum absolute atomic E-state index is 11.9. The van der Waals surface area contributed by atoms with Gasteiger partial charge in [0.1, 0.15) is 0 Å². The first-order valence-corrected chi connectivity index (χ1v) is 10.4. The molecule has 0 saturated carbocycles. The number of carbonyl (C=O) groups excluding carboxylic acids is 1. The highest BCUT2D eigenvalue weighted by Gasteiger charge is 2.25. The first-order chi connectivity index (χ1) is 12.5. The van der Waals surface area contributed by atoms with Gasteiger partial charge < -0.3 is 4.65 Å². The molecule has 0 N–H and O–H groups in total. The maximum atomic E-state index is 11.9. The topological polar surface area (TPSA) is 29.5 Å². The third kappa shape index (κ3) is 6.47. The van der Waals surface area contributed by atoms with Gasteiger partial charge in [0.05, 0.1) is 16.0 Å². The zero-order chi connectivity index (χ0) is 18.9. The van der Waals surface area contributed by atoms with Gasteiger partial charge in [0.15, 0.2) is 0 Å². The summed E-state index contributed by atoms with van der Waals surface area (Å²) in [5.74, 6) is -0.362. The minimum atomic E-state index is -0.273. The van der Waals surface area contributed by atoms with Crippen molar-refractivity contribution in [3.05, 3.63) is 33.8 Å². The normalized spacial score (nSPS) is 19.3. The zero-order valence-electron chi connectivity index (χ0n) is 15.6. The van der Waals surface area contributed by atoms with Crippen LogP contribution >= 0.6 is 23.2 Å². The van der Waals surface area contributed by atoms with Crippen LogP contribution in [0.15, 0.2) is 18.2 Å². The monoisotopic (exact) mass is 395 g/mol. The minimum absolute atomic E-state index is 0.0892. The minimum Gasteiger partial charge on any atom is -0.543 e. The highest BCUT2D eigenvalue weighted by Crippen LogP contribution is 2.28. The number of hydrogen-bond donors (Lipinski definition) is 0. The molecule has 1 fully saturated rings. The van der Waals surface area contributed by atoms with Gasteiger partial charge in [-0.25, -0.2) is 0 Å². The lowest BCUT2D eigenvalue weighted by Crippen LogP contribution is -2.39. The third-order valence-electron chi connectivity index (χ3n) is 5.32. The van der Waals surface area contributed by atoms with Gasteiger partial charge in [-0.3, -0.25) is 9.69 Å². The lowest BCUT2D eigenvalue weighted by atomic mass is 9.90. The van der Waals surface area contributed by atoms with Crippen molar-refractivity contribution in [2.75, 3.05) is 6.54 Å². The molecule has 3 nitrogen and oxygen atoms in total. The van der Waals surface area contributed by atoms with E-state index < -0.39 is 0 Å². The molecule has 0 aromatic heterocycles. The van der Waals surface area contributed by atoms with E-state index in [1.807, 2.05) is 18.2 Å². The predicted molar refractivity (Wildman–Crippen MR) is 109 cm³/mol. The summed E-state index contributed by atoms with van der Waals surface area (Å²) in [5, 5.41) is 1.19. The number of carbonyl (C=O) groups is 1. The Balaban J connectivity index is 1.96. The Bertz CT molecular complexity index is 585. The average Bonchev–Trinajstić information content (AvgIpc) is 2.65. The summed E-state index contributed by atoms with van der Waals surface area (Å²) >= 11 is 12.2. The third-order valence-corrected chi connectivity index (χ3v) is 6.06. The van der Waals surface area contributed by atoms with E-state index >= 15 is 0 Å². The highest BCUT2D eigenvalue weighted by atomic mass is 35.5. The summed E-state index contributed by atoms with van der Waals surface area (Å²) in [6.07, 6.45) is 8.39. The van der Waals surface area contributed by atoms with Crippen molar-refractivity contribution < 1.29 is 9.45 Å². The Hall–Kier alpha value is -0.705. The van der Waals surface area contributed by atoms with Crippen molar-refractivity contribution in [1.29, 1.82) is 0 Å². The summed E-state index contributed by atoms with van der Waals surface area (Å²) < 4.78 is 4.52. The Labute approximate surface area is 168 Å². The van der Waals surface area contributed by atoms with Gasteiger partial charge in [0, 0.05) is 12.6 Å². The van der Waals surface area contributed by atoms with Crippen LogP contribution in [0.1, 0.15) is 63.9 Å². The molecule has 2 atom stereocenters. The quantitative estimate of drug-likeness (QED) is 0.512. The van der Waals surface area contributed by atoms with Gasteiger partial charge in [-0.2, -0.15) is 0 Å². The van der Waals surface area contributed by atoms with Crippen LogP contribution in [0, 0.1) is 5.92 Å². The second-order valence-electron chi connectivity index (χ2n) is 7.22. The van der Waals surface area contributed by atoms with Gasteiger partial charge in [0.2, 0.25) is 0 Å². The highest BCUT2D eigenvalue weighted by molar-refractivity contribution is 6.42. The van der Waals surface area contributed by atoms with E-state index in [0.29, 0.717) is 16.1 Å². The molecule has 26 heavy (non-hydrogen) atoms. The molecule has 2 radical (unpaired) electrons. The second-order valence-corrected chi connectivity index (χ2v) is 8.04. The van der Waals surface area contributed by atoms with Gasteiger partial charge in [-0.15, -0.1) is 0 Å². The van der Waals surface area contributed by atoms with E-state index in [0.717, 1.165) is 45.2 Å². The number of likely N-dealkylation sites (tertiary alicyclic amines) is 1. The van der Waals surface area contributed by atoms with Crippen molar-refractivity contribution in [3.8, 4) is 0 Å². The molecule has 1 aromatic rings. The summed E-state index contributed by atoms with van der Waals surface area (Å²) in [5.41, 5.74) is 1.18. The fourth-order valence-corrected chi connectivity index (χ4v) is 4.11. The van der Waals surface area contributed by atoms with Crippen LogP contribution in [0.3, 0.4) is 0 Å². The van der Waals surface area contributed by atoms with Crippen molar-refractivity contribution in [2.24, 2.45) is 5.92 Å². The molecule has 1 aliphatic heterocycles. The molecule has 6 heteroatoms. The van der Waals surface area contributed by atoms with Crippen LogP contribution in [0.25, 0.3) is 0 Å². The SMILES string of the molecule is [B]OC(=O)C(CCCC)CCC1CCCCN1Cc1ccc(Cl)c(Cl)c1. The van der Waals surface area contributed by atoms with Crippen LogP contribution in [0.4, 0.5) is 0 Å². The molecular weight excluding hydrogens is 368 g/mol. The van der Waals surface area contributed by atoms with E-state index in [1.54, 1.807) is 0 Å². The second kappa shape index (κ2) is 11.2. The Morgan fingerprint density at radius 1 is 1.31 bits per heavy atom. The van der Waals surface area contributed by atoms with Crippen molar-refractivity contribution in [3.63, 3.8) is 0 Å². The van der Waals surface area contributed by atoms with Crippen molar-refractivity contribution >= 4 is 37.2 Å². The van der Waals surface area contributed by atoms with Gasteiger partial charge in [0.25, 0.3) is 5.97 Å². The first-order valence-electron chi connectivity index (χ1n) is 9.63. The number of halogens is 2. The molecule has 1 aliphatic rings. The number of benzene rings is 1. The van der Waals surface area contributed by atoms with Crippen LogP contribution in [-0.4, -0.2) is 31.5 Å². The molecule has 1 heterocycles. The van der Waals surface area contributed by atoms with Crippen molar-refractivity contribution in [2.45, 2.75) is 70.9 Å². The largest absolute Gasteiger partial charge is 0.543 e. The number of nitrogens with zero attached hydrogens (tertiary/aromatic N) is 1. The molecule has 0 aliphatic carbocycles. The summed E-state index contributed by atoms with van der Waals surface area (Å²) in [7, 11) is 5.13. The first kappa shape index (κ1) is 21.6. The fraction of sp³-hybridized carbons (Fsp3) is 0.650. The van der Waals surface area contributed by atoms with Crippen LogP contribution in [0.2, 0.25) is 10.0 Å². The van der Waals surface area contributed by atoms with Crippen LogP contribution in [-0.2, 0) is 16.0 Å². The Kier molecular flexibility index (Phi) is 9.31. The lowest BCUT2D eigenvalue weighted by Gasteiger charge is -2.36. The van der Waals surface area contributed by atoms with E-state index in [9.17, 15) is 4.79 Å². The van der Waals surface area contributed by atoms with E-state index in [1.165, 1.54) is 24.8 Å². The summed E-state index contributed by atoms with van der Waals surface area (Å²) in [6.45, 7) is 4.07. The molecule has 0 spiro atoms. The zero-order valence-corrected chi connectivity index (χ0v) is 17.1. The molecular formula is C20H28BCl2NO2. The molecule has 1 aromatic carbocycles. The Morgan fingerprint density at radius 3 is 2.81 bits per heavy atom. The van der Waals surface area contributed by atoms with Gasteiger partial charge in [-0.05, 0) is 56.3 Å². The predicted octanol–water partition coefficient (Wildman–Crippen LogP) is 5.56. The average molecular weight is 396 g/mol. The number of hydrogen-bond acceptors (Lipinski definition) is 3. The van der Waals surface area contributed by atoms with E-state index in [4.69, 9.17) is 31.3 Å². The molecule has 2 rings (SSSR count). The molecule has 2 unspecified atom stereocenters. The fourth-order valence-electron chi connectivity index (χ4n) is 3.79. The van der Waals surface area contributed by atoms with E-state index in [-0.39, 0.29) is 11.9 Å². The van der Waals surface area contributed by atoms with E-state index in [2.05, 4.69) is 16.5 Å². The summed E-state index contributed by atoms with van der Waals surface area (Å²) in [4.78, 5) is 14.5. The smallest absolute Gasteiger partial charge is 0.378 e. The molecule has 0 bridgehead atoms. The van der Waals surface area contributed by atoms with Crippen LogP contribution < -0.4 is 0 Å². The van der Waals surface area contributed by atoms with Gasteiger partial charge in [-0.1, -0.05) is 55.5 Å². The van der Waals surface area contributed by atoms with Crippen LogP contribution in [0.5, 0.6) is 0 Å². The molecule has 1 saturated heterocycles. The number of piperidine rings is 1. The van der Waals surface area contributed by atoms with Gasteiger partial charge >= 0.3 is 8.05 Å². The number of rotatable bonds is 9. The molecule has 142 valence electrons. The summed E-state index contributed by atoms with van der Waals surface area (Å²) in [6, 6.07) is 6.32. The molecule has 0 amide bonds. The number of unbranched alkanes of at least 4 members (excludes halogenated alkanes) is 1. The van der Waals surface area contributed by atoms with Crippen molar-refractivity contribution in [1.82, 2.24) is 4.90 Å². The standard InChI is InChI=1S/C20H28BCl2NO2/c1-2-3-6-16(20(25)26-21)9-10-17-7-4-5-12-24(17)14-15-8-11-18(22)19(23)13-15/h8,11,13,16-17H,2-7,9-10,12,14H2,1H3. The maximum Gasteiger partial charge on any atom is 0.378 e. The lowest BCUT2D eigenvalue weighted by molar-refractivity contribution is -0.139.